The lowest BCUT2D eigenvalue weighted by molar-refractivity contribution is -0.126. The molecule has 0 bridgehead atoms. The predicted molar refractivity (Wildman–Crippen MR) is 136 cm³/mol. The number of amides is 2. The average molecular weight is 535 g/mol. The van der Waals surface area contributed by atoms with Crippen molar-refractivity contribution in [1.29, 1.82) is 0 Å². The second-order valence-corrected chi connectivity index (χ2v) is 11.0. The maximum Gasteiger partial charge on any atom is 0.243 e. The quantitative estimate of drug-likeness (QED) is 0.293. The van der Waals surface area contributed by atoms with E-state index in [-0.39, 0.29) is 49.7 Å². The van der Waals surface area contributed by atoms with E-state index in [2.05, 4.69) is 16.0 Å². The Hall–Kier alpha value is -3.19. The minimum absolute atomic E-state index is 0.0112. The topological polar surface area (TPSA) is 146 Å². The highest BCUT2D eigenvalue weighted by atomic mass is 32.2. The van der Waals surface area contributed by atoms with Gasteiger partial charge in [-0.3, -0.25) is 9.59 Å². The van der Waals surface area contributed by atoms with E-state index in [1.54, 1.807) is 37.4 Å². The maximum atomic E-state index is 13.6. The van der Waals surface area contributed by atoms with Crippen molar-refractivity contribution in [3.8, 4) is 11.5 Å². The van der Waals surface area contributed by atoms with E-state index in [1.807, 2.05) is 13.8 Å². The fraction of sp³-hybridized carbons (Fsp3) is 0.440. The summed E-state index contributed by atoms with van der Waals surface area (Å²) in [5.41, 5.74) is 0.592. The Morgan fingerprint density at radius 1 is 1.00 bits per heavy atom. The molecule has 0 unspecified atom stereocenters. The van der Waals surface area contributed by atoms with Crippen LogP contribution in [-0.4, -0.2) is 75.8 Å². The summed E-state index contributed by atoms with van der Waals surface area (Å²) < 4.78 is 39.0. The van der Waals surface area contributed by atoms with Gasteiger partial charge in [0, 0.05) is 19.2 Å². The lowest BCUT2D eigenvalue weighted by atomic mass is 10.0. The zero-order chi connectivity index (χ0) is 27.0. The van der Waals surface area contributed by atoms with Crippen molar-refractivity contribution in [3.05, 3.63) is 54.1 Å². The summed E-state index contributed by atoms with van der Waals surface area (Å²) in [5.74, 6) is -0.120. The Morgan fingerprint density at radius 2 is 1.70 bits per heavy atom. The van der Waals surface area contributed by atoms with Crippen LogP contribution in [0.5, 0.6) is 11.5 Å². The summed E-state index contributed by atoms with van der Waals surface area (Å²) >= 11 is 0. The number of hydrogen-bond donors (Lipinski definition) is 4. The third-order valence-electron chi connectivity index (χ3n) is 5.58. The summed E-state index contributed by atoms with van der Waals surface area (Å²) in [6, 6.07) is 12.2. The molecule has 0 saturated heterocycles. The number of carbonyl (C=O) groups is 2. The molecule has 2 amide bonds. The zero-order valence-electron chi connectivity index (χ0n) is 21.1. The first-order valence-electron chi connectivity index (χ1n) is 11.9. The molecule has 11 nitrogen and oxygen atoms in total. The van der Waals surface area contributed by atoms with Crippen molar-refractivity contribution in [3.63, 3.8) is 0 Å². The molecule has 0 radical (unpaired) electrons. The van der Waals surface area contributed by atoms with Gasteiger partial charge in [0.05, 0.1) is 30.1 Å². The van der Waals surface area contributed by atoms with Gasteiger partial charge >= 0.3 is 0 Å². The lowest BCUT2D eigenvalue weighted by Crippen LogP contribution is -2.48. The summed E-state index contributed by atoms with van der Waals surface area (Å²) in [6.45, 7) is 3.39. The molecule has 12 heteroatoms. The first-order valence-corrected chi connectivity index (χ1v) is 13.4. The molecule has 0 spiro atoms. The minimum Gasteiger partial charge on any atom is -0.454 e. The van der Waals surface area contributed by atoms with Crippen LogP contribution in [0.1, 0.15) is 25.5 Å². The van der Waals surface area contributed by atoms with Gasteiger partial charge in [0.2, 0.25) is 28.6 Å². The molecule has 0 fully saturated rings. The SMILES string of the molecule is CNCC(=O)NCC(=O)N[C@@H](c1ccccc1)[C@H](O)CN(CC(C)C)S(=O)(=O)c1ccc2c(c1)OCO2. The molecule has 3 rings (SSSR count). The highest BCUT2D eigenvalue weighted by Crippen LogP contribution is 2.35. The molecular weight excluding hydrogens is 500 g/mol. The van der Waals surface area contributed by atoms with Gasteiger partial charge in [-0.2, -0.15) is 4.31 Å². The number of likely N-dealkylation sites (N-methyl/N-ethyl adjacent to an activating group) is 1. The Balaban J connectivity index is 1.82. The number of nitrogens with zero attached hydrogens (tertiary/aromatic N) is 1. The van der Waals surface area contributed by atoms with Gasteiger partial charge in [-0.15, -0.1) is 0 Å². The summed E-state index contributed by atoms with van der Waals surface area (Å²) in [7, 11) is -2.41. The largest absolute Gasteiger partial charge is 0.454 e. The Labute approximate surface area is 217 Å². The van der Waals surface area contributed by atoms with Crippen LogP contribution in [-0.2, 0) is 19.6 Å². The normalized spacial score (nSPS) is 14.4. The minimum atomic E-state index is -4.02. The number of aliphatic hydroxyl groups excluding tert-OH is 1. The van der Waals surface area contributed by atoms with Crippen LogP contribution in [0.4, 0.5) is 0 Å². The number of benzene rings is 2. The molecule has 2 aromatic rings. The fourth-order valence-electron chi connectivity index (χ4n) is 3.87. The summed E-state index contributed by atoms with van der Waals surface area (Å²) in [4.78, 5) is 24.3. The second-order valence-electron chi connectivity index (χ2n) is 9.06. The number of sulfonamides is 1. The molecule has 0 saturated carbocycles. The molecule has 4 N–H and O–H groups in total. The van der Waals surface area contributed by atoms with E-state index in [9.17, 15) is 23.1 Å². The Kier molecular flexibility index (Phi) is 9.86. The van der Waals surface area contributed by atoms with Gasteiger partial charge in [-0.1, -0.05) is 44.2 Å². The molecule has 202 valence electrons. The van der Waals surface area contributed by atoms with Crippen molar-refractivity contribution in [2.45, 2.75) is 30.9 Å². The monoisotopic (exact) mass is 534 g/mol. The first-order chi connectivity index (χ1) is 17.6. The number of rotatable bonds is 13. The standard InChI is InChI=1S/C25H34N4O7S/c1-17(2)14-29(37(33,34)19-9-10-21-22(11-19)36-16-35-21)15-20(30)25(18-7-5-4-6-8-18)28-24(32)13-27-23(31)12-26-3/h4-11,17,20,25-26,30H,12-16H2,1-3H3,(H,27,31)(H,28,32)/t20-,25+/m1/s1. The van der Waals surface area contributed by atoms with Crippen LogP contribution in [0.15, 0.2) is 53.4 Å². The second kappa shape index (κ2) is 12.9. The van der Waals surface area contributed by atoms with Crippen LogP contribution < -0.4 is 25.4 Å². The third kappa shape index (κ3) is 7.65. The van der Waals surface area contributed by atoms with Crippen molar-refractivity contribution < 1.29 is 32.6 Å². The fourth-order valence-corrected chi connectivity index (χ4v) is 5.50. The molecule has 1 aliphatic heterocycles. The van der Waals surface area contributed by atoms with Crippen molar-refractivity contribution >= 4 is 21.8 Å². The van der Waals surface area contributed by atoms with Gasteiger partial charge in [0.15, 0.2) is 11.5 Å². The van der Waals surface area contributed by atoms with Crippen LogP contribution in [0.2, 0.25) is 0 Å². The first kappa shape index (κ1) is 28.4. The summed E-state index contributed by atoms with van der Waals surface area (Å²) in [5, 5.41) is 19.2. The Bertz CT molecular complexity index is 1170. The highest BCUT2D eigenvalue weighted by molar-refractivity contribution is 7.89. The van der Waals surface area contributed by atoms with E-state index in [1.165, 1.54) is 22.5 Å². The predicted octanol–water partition coefficient (Wildman–Crippen LogP) is 0.616. The van der Waals surface area contributed by atoms with Crippen LogP contribution >= 0.6 is 0 Å². The number of fused-ring (bicyclic) bond motifs is 1. The van der Waals surface area contributed by atoms with Crippen LogP contribution in [0.3, 0.4) is 0 Å². The van der Waals surface area contributed by atoms with Crippen LogP contribution in [0, 0.1) is 5.92 Å². The van der Waals surface area contributed by atoms with E-state index >= 15 is 0 Å². The van der Waals surface area contributed by atoms with Gasteiger partial charge in [0.1, 0.15) is 0 Å². The number of hydrogen-bond acceptors (Lipinski definition) is 8. The Morgan fingerprint density at radius 3 is 2.38 bits per heavy atom. The van der Waals surface area contributed by atoms with Gasteiger partial charge in [-0.05, 0) is 30.7 Å². The summed E-state index contributed by atoms with van der Waals surface area (Å²) in [6.07, 6.45) is -1.29. The molecule has 0 aliphatic carbocycles. The van der Waals surface area contributed by atoms with E-state index < -0.39 is 28.1 Å². The van der Waals surface area contributed by atoms with Gasteiger partial charge in [-0.25, -0.2) is 8.42 Å². The van der Waals surface area contributed by atoms with E-state index in [0.717, 1.165) is 0 Å². The molecule has 1 heterocycles. The van der Waals surface area contributed by atoms with Crippen molar-refractivity contribution in [2.24, 2.45) is 5.92 Å². The molecule has 0 aromatic heterocycles. The average Bonchev–Trinajstić information content (AvgIpc) is 3.34. The van der Waals surface area contributed by atoms with Crippen molar-refractivity contribution in [2.75, 3.05) is 40.0 Å². The molecule has 37 heavy (non-hydrogen) atoms. The molecule has 1 aliphatic rings. The zero-order valence-corrected chi connectivity index (χ0v) is 22.0. The number of carbonyl (C=O) groups excluding carboxylic acids is 2. The lowest BCUT2D eigenvalue weighted by Gasteiger charge is -2.31. The smallest absolute Gasteiger partial charge is 0.243 e. The van der Waals surface area contributed by atoms with Crippen LogP contribution in [0.25, 0.3) is 0 Å². The van der Waals surface area contributed by atoms with Gasteiger partial charge < -0.3 is 30.5 Å². The van der Waals surface area contributed by atoms with E-state index in [0.29, 0.717) is 17.1 Å². The molecule has 2 atom stereocenters. The highest BCUT2D eigenvalue weighted by Gasteiger charge is 2.32. The third-order valence-corrected chi connectivity index (χ3v) is 7.41. The van der Waals surface area contributed by atoms with Gasteiger partial charge in [0.25, 0.3) is 0 Å². The molecular formula is C25H34N4O7S. The van der Waals surface area contributed by atoms with E-state index in [4.69, 9.17) is 9.47 Å². The number of nitrogens with one attached hydrogen (secondary N) is 3. The van der Waals surface area contributed by atoms with Crippen molar-refractivity contribution in [1.82, 2.24) is 20.3 Å². The number of aliphatic hydroxyl groups is 1. The maximum absolute atomic E-state index is 13.6. The molecule has 2 aromatic carbocycles. The number of ether oxygens (including phenoxy) is 2.